The second-order valence-electron chi connectivity index (χ2n) is 3.33. The summed E-state index contributed by atoms with van der Waals surface area (Å²) in [6.07, 6.45) is -4.36. The summed E-state index contributed by atoms with van der Waals surface area (Å²) in [6.45, 7) is 0.396. The standard InChI is InChI=1S/C10H8F3NO/c11-10(12,13)6-2-1-3-7-9(6)8(15)4-5-14-7/h1-3,14H,4-5H2. The molecule has 1 N–H and O–H groups in total. The van der Waals surface area contributed by atoms with Crippen molar-refractivity contribution in [1.82, 2.24) is 0 Å². The molecular formula is C10H8F3NO. The van der Waals surface area contributed by atoms with Gasteiger partial charge in [0, 0.05) is 18.7 Å². The number of anilines is 1. The molecule has 0 aromatic heterocycles. The lowest BCUT2D eigenvalue weighted by Gasteiger charge is -2.20. The Kier molecular flexibility index (Phi) is 2.17. The van der Waals surface area contributed by atoms with Gasteiger partial charge in [0.15, 0.2) is 5.78 Å². The molecule has 0 saturated heterocycles. The van der Waals surface area contributed by atoms with Crippen LogP contribution in [-0.2, 0) is 6.18 Å². The van der Waals surface area contributed by atoms with E-state index in [0.717, 1.165) is 6.07 Å². The van der Waals surface area contributed by atoms with Gasteiger partial charge in [0.2, 0.25) is 0 Å². The van der Waals surface area contributed by atoms with E-state index in [2.05, 4.69) is 5.32 Å². The smallest absolute Gasteiger partial charge is 0.384 e. The Hall–Kier alpha value is -1.52. The van der Waals surface area contributed by atoms with E-state index in [4.69, 9.17) is 0 Å². The molecule has 1 aromatic rings. The maximum Gasteiger partial charge on any atom is 0.417 e. The molecule has 1 aliphatic rings. The molecule has 1 heterocycles. The SMILES string of the molecule is O=C1CCNc2cccc(C(F)(F)F)c21. The van der Waals surface area contributed by atoms with Crippen molar-refractivity contribution >= 4 is 11.5 Å². The Morgan fingerprint density at radius 1 is 1.27 bits per heavy atom. The summed E-state index contributed by atoms with van der Waals surface area (Å²) < 4.78 is 37.7. The third-order valence-corrected chi connectivity index (χ3v) is 2.32. The zero-order chi connectivity index (χ0) is 11.1. The van der Waals surface area contributed by atoms with Gasteiger partial charge in [0.05, 0.1) is 11.1 Å². The van der Waals surface area contributed by atoms with E-state index in [9.17, 15) is 18.0 Å². The van der Waals surface area contributed by atoms with E-state index < -0.39 is 17.5 Å². The van der Waals surface area contributed by atoms with Crippen LogP contribution in [0.15, 0.2) is 18.2 Å². The van der Waals surface area contributed by atoms with Crippen LogP contribution in [0.5, 0.6) is 0 Å². The first-order chi connectivity index (χ1) is 7.00. The van der Waals surface area contributed by atoms with Crippen LogP contribution in [0.25, 0.3) is 0 Å². The van der Waals surface area contributed by atoms with Crippen molar-refractivity contribution in [3.8, 4) is 0 Å². The number of rotatable bonds is 0. The minimum atomic E-state index is -4.47. The highest BCUT2D eigenvalue weighted by Gasteiger charge is 2.37. The fourth-order valence-electron chi connectivity index (χ4n) is 1.67. The molecule has 0 fully saturated rings. The van der Waals surface area contributed by atoms with Crippen molar-refractivity contribution in [2.75, 3.05) is 11.9 Å². The molecule has 0 aliphatic carbocycles. The predicted octanol–water partition coefficient (Wildman–Crippen LogP) is 2.70. The number of hydrogen-bond donors (Lipinski definition) is 1. The second-order valence-corrected chi connectivity index (χ2v) is 3.33. The van der Waals surface area contributed by atoms with Crippen LogP contribution in [0, 0.1) is 0 Å². The number of ketones is 1. The van der Waals surface area contributed by atoms with Gasteiger partial charge in [-0.05, 0) is 12.1 Å². The molecule has 0 spiro atoms. The van der Waals surface area contributed by atoms with Crippen molar-refractivity contribution in [2.24, 2.45) is 0 Å². The lowest BCUT2D eigenvalue weighted by atomic mass is 9.96. The number of benzene rings is 1. The van der Waals surface area contributed by atoms with E-state index >= 15 is 0 Å². The average molecular weight is 215 g/mol. The Morgan fingerprint density at radius 2 is 2.00 bits per heavy atom. The number of alkyl halides is 3. The molecule has 0 radical (unpaired) electrons. The molecule has 0 unspecified atom stereocenters. The van der Waals surface area contributed by atoms with Crippen molar-refractivity contribution in [3.63, 3.8) is 0 Å². The number of hydrogen-bond acceptors (Lipinski definition) is 2. The number of fused-ring (bicyclic) bond motifs is 1. The van der Waals surface area contributed by atoms with Crippen LogP contribution in [-0.4, -0.2) is 12.3 Å². The van der Waals surface area contributed by atoms with Gasteiger partial charge in [-0.25, -0.2) is 0 Å². The lowest BCUT2D eigenvalue weighted by Crippen LogP contribution is -2.22. The zero-order valence-electron chi connectivity index (χ0n) is 7.69. The number of halogens is 3. The molecule has 1 aromatic carbocycles. The average Bonchev–Trinajstić information content (AvgIpc) is 2.16. The highest BCUT2D eigenvalue weighted by atomic mass is 19.4. The van der Waals surface area contributed by atoms with Crippen LogP contribution in [0.4, 0.5) is 18.9 Å². The maximum absolute atomic E-state index is 12.6. The molecule has 2 rings (SSSR count). The number of carbonyl (C=O) groups is 1. The molecule has 80 valence electrons. The summed E-state index contributed by atoms with van der Waals surface area (Å²) in [7, 11) is 0. The fourth-order valence-corrected chi connectivity index (χ4v) is 1.67. The first kappa shape index (κ1) is 10.0. The van der Waals surface area contributed by atoms with Crippen LogP contribution in [0.2, 0.25) is 0 Å². The van der Waals surface area contributed by atoms with Crippen molar-refractivity contribution in [3.05, 3.63) is 29.3 Å². The van der Waals surface area contributed by atoms with Crippen LogP contribution < -0.4 is 5.32 Å². The van der Waals surface area contributed by atoms with Gasteiger partial charge < -0.3 is 5.32 Å². The Morgan fingerprint density at radius 3 is 2.67 bits per heavy atom. The van der Waals surface area contributed by atoms with Crippen molar-refractivity contribution in [1.29, 1.82) is 0 Å². The summed E-state index contributed by atoms with van der Waals surface area (Å²) in [4.78, 5) is 11.4. The Balaban J connectivity index is 2.62. The Labute approximate surface area is 84.1 Å². The quantitative estimate of drug-likeness (QED) is 0.720. The molecule has 0 bridgehead atoms. The molecular weight excluding hydrogens is 207 g/mol. The third kappa shape index (κ3) is 1.69. The molecule has 5 heteroatoms. The van der Waals surface area contributed by atoms with Gasteiger partial charge in [0.1, 0.15) is 0 Å². The largest absolute Gasteiger partial charge is 0.417 e. The van der Waals surface area contributed by atoms with Crippen molar-refractivity contribution in [2.45, 2.75) is 12.6 Å². The molecule has 0 amide bonds. The fraction of sp³-hybridized carbons (Fsp3) is 0.300. The summed E-state index contributed by atoms with van der Waals surface area (Å²) in [5, 5.41) is 2.78. The monoisotopic (exact) mass is 215 g/mol. The summed E-state index contributed by atoms with van der Waals surface area (Å²) >= 11 is 0. The maximum atomic E-state index is 12.6. The van der Waals surface area contributed by atoms with Gasteiger partial charge in [-0.2, -0.15) is 13.2 Å². The summed E-state index contributed by atoms with van der Waals surface area (Å²) in [6, 6.07) is 3.72. The molecule has 15 heavy (non-hydrogen) atoms. The van der Waals surface area contributed by atoms with E-state index in [0.29, 0.717) is 6.54 Å². The first-order valence-corrected chi connectivity index (χ1v) is 4.47. The minimum Gasteiger partial charge on any atom is -0.384 e. The van der Waals surface area contributed by atoms with Gasteiger partial charge in [-0.1, -0.05) is 6.07 Å². The van der Waals surface area contributed by atoms with Gasteiger partial charge >= 0.3 is 6.18 Å². The van der Waals surface area contributed by atoms with Gasteiger partial charge in [-0.15, -0.1) is 0 Å². The third-order valence-electron chi connectivity index (χ3n) is 2.32. The normalized spacial score (nSPS) is 15.8. The topological polar surface area (TPSA) is 29.1 Å². The zero-order valence-corrected chi connectivity index (χ0v) is 7.69. The number of nitrogens with one attached hydrogen (secondary N) is 1. The minimum absolute atomic E-state index is 0.111. The first-order valence-electron chi connectivity index (χ1n) is 4.47. The highest BCUT2D eigenvalue weighted by Crippen LogP contribution is 2.36. The van der Waals surface area contributed by atoms with E-state index in [1.165, 1.54) is 12.1 Å². The summed E-state index contributed by atoms with van der Waals surface area (Å²) in [5.41, 5.74) is -0.797. The molecule has 0 saturated carbocycles. The van der Waals surface area contributed by atoms with Gasteiger partial charge in [-0.3, -0.25) is 4.79 Å². The van der Waals surface area contributed by atoms with Crippen LogP contribution in [0.3, 0.4) is 0 Å². The van der Waals surface area contributed by atoms with E-state index in [1.54, 1.807) is 0 Å². The lowest BCUT2D eigenvalue weighted by molar-refractivity contribution is -0.137. The Bertz CT molecular complexity index is 412. The van der Waals surface area contributed by atoms with Gasteiger partial charge in [0.25, 0.3) is 0 Å². The number of Topliss-reactive ketones (excluding diaryl/α,β-unsaturated/α-hetero) is 1. The van der Waals surface area contributed by atoms with Crippen LogP contribution in [0.1, 0.15) is 22.3 Å². The number of carbonyl (C=O) groups excluding carboxylic acids is 1. The van der Waals surface area contributed by atoms with Crippen LogP contribution >= 0.6 is 0 Å². The molecule has 0 atom stereocenters. The molecule has 1 aliphatic heterocycles. The van der Waals surface area contributed by atoms with E-state index in [-0.39, 0.29) is 17.7 Å². The highest BCUT2D eigenvalue weighted by molar-refractivity contribution is 6.04. The summed E-state index contributed by atoms with van der Waals surface area (Å²) in [5.74, 6) is -0.448. The van der Waals surface area contributed by atoms with E-state index in [1.807, 2.05) is 0 Å². The molecule has 2 nitrogen and oxygen atoms in total. The predicted molar refractivity (Wildman–Crippen MR) is 48.9 cm³/mol. The second kappa shape index (κ2) is 3.25. The van der Waals surface area contributed by atoms with Crippen molar-refractivity contribution < 1.29 is 18.0 Å².